The standard InChI is InChI=1S/C6H9FN2.C2H6/c1-6-4-8-9(5-6)3-2-7;1-2/h4-5H,2-3H2,1H3;1-2H3. The third-order valence-electron chi connectivity index (χ3n) is 1.08. The molecular formula is C8H15FN2. The fourth-order valence-electron chi connectivity index (χ4n) is 0.676. The molecule has 3 heteroatoms. The highest BCUT2D eigenvalue weighted by Gasteiger charge is 1.90. The Hall–Kier alpha value is -0.860. The first kappa shape index (κ1) is 10.1. The van der Waals surface area contributed by atoms with Gasteiger partial charge in [0, 0.05) is 6.20 Å². The van der Waals surface area contributed by atoms with Crippen LogP contribution in [0.25, 0.3) is 0 Å². The molecule has 0 fully saturated rings. The van der Waals surface area contributed by atoms with Crippen LogP contribution in [0.3, 0.4) is 0 Å². The van der Waals surface area contributed by atoms with Gasteiger partial charge in [0.05, 0.1) is 12.7 Å². The molecule has 1 aromatic rings. The van der Waals surface area contributed by atoms with Gasteiger partial charge in [-0.05, 0) is 12.5 Å². The van der Waals surface area contributed by atoms with Crippen molar-refractivity contribution in [3.8, 4) is 0 Å². The van der Waals surface area contributed by atoms with Crippen LogP contribution < -0.4 is 0 Å². The van der Waals surface area contributed by atoms with E-state index in [4.69, 9.17) is 0 Å². The average molecular weight is 158 g/mol. The highest BCUT2D eigenvalue weighted by molar-refractivity contribution is 4.99. The van der Waals surface area contributed by atoms with Crippen molar-refractivity contribution in [2.45, 2.75) is 27.3 Å². The van der Waals surface area contributed by atoms with Crippen LogP contribution in [0.4, 0.5) is 4.39 Å². The molecule has 2 nitrogen and oxygen atoms in total. The van der Waals surface area contributed by atoms with Gasteiger partial charge in [-0.25, -0.2) is 4.39 Å². The van der Waals surface area contributed by atoms with E-state index in [9.17, 15) is 4.39 Å². The number of hydrogen-bond acceptors (Lipinski definition) is 1. The number of aryl methyl sites for hydroxylation is 2. The lowest BCUT2D eigenvalue weighted by molar-refractivity contribution is 0.427. The topological polar surface area (TPSA) is 17.8 Å². The molecule has 0 aliphatic carbocycles. The van der Waals surface area contributed by atoms with Gasteiger partial charge in [0.1, 0.15) is 6.67 Å². The SMILES string of the molecule is CC.Cc1cnn(CCF)c1. The Morgan fingerprint density at radius 3 is 2.55 bits per heavy atom. The van der Waals surface area contributed by atoms with E-state index in [2.05, 4.69) is 5.10 Å². The minimum Gasteiger partial charge on any atom is -0.270 e. The van der Waals surface area contributed by atoms with Crippen molar-refractivity contribution in [3.05, 3.63) is 18.0 Å². The Balaban J connectivity index is 0.000000461. The fraction of sp³-hybridized carbons (Fsp3) is 0.625. The molecule has 0 atom stereocenters. The lowest BCUT2D eigenvalue weighted by atomic mass is 10.4. The molecule has 0 unspecified atom stereocenters. The van der Waals surface area contributed by atoms with Crippen molar-refractivity contribution in [2.24, 2.45) is 0 Å². The molecule has 0 radical (unpaired) electrons. The summed E-state index contributed by atoms with van der Waals surface area (Å²) in [6.45, 7) is 5.96. The molecule has 11 heavy (non-hydrogen) atoms. The van der Waals surface area contributed by atoms with Crippen LogP contribution in [0.1, 0.15) is 19.4 Å². The highest BCUT2D eigenvalue weighted by Crippen LogP contribution is 1.92. The Kier molecular flexibility index (Phi) is 5.43. The summed E-state index contributed by atoms with van der Waals surface area (Å²) in [5.74, 6) is 0. The quantitative estimate of drug-likeness (QED) is 0.645. The smallest absolute Gasteiger partial charge is 0.109 e. The van der Waals surface area contributed by atoms with E-state index >= 15 is 0 Å². The highest BCUT2D eigenvalue weighted by atomic mass is 19.1. The molecule has 1 heterocycles. The van der Waals surface area contributed by atoms with E-state index in [0.29, 0.717) is 6.54 Å². The van der Waals surface area contributed by atoms with E-state index in [0.717, 1.165) is 5.56 Å². The molecule has 1 aromatic heterocycles. The number of aromatic nitrogens is 2. The summed E-state index contributed by atoms with van der Waals surface area (Å²) >= 11 is 0. The van der Waals surface area contributed by atoms with Gasteiger partial charge in [-0.2, -0.15) is 5.10 Å². The van der Waals surface area contributed by atoms with Gasteiger partial charge in [0.2, 0.25) is 0 Å². The number of hydrogen-bond donors (Lipinski definition) is 0. The maximum Gasteiger partial charge on any atom is 0.109 e. The maximum absolute atomic E-state index is 11.6. The fourth-order valence-corrected chi connectivity index (χ4v) is 0.676. The maximum atomic E-state index is 11.6. The molecule has 64 valence electrons. The lowest BCUT2D eigenvalue weighted by Crippen LogP contribution is -1.98. The predicted octanol–water partition coefficient (Wildman–Crippen LogP) is 2.19. The summed E-state index contributed by atoms with van der Waals surface area (Å²) in [7, 11) is 0. The molecule has 0 aromatic carbocycles. The Morgan fingerprint density at radius 1 is 1.55 bits per heavy atom. The van der Waals surface area contributed by atoms with Crippen LogP contribution >= 0.6 is 0 Å². The van der Waals surface area contributed by atoms with Gasteiger partial charge in [0.15, 0.2) is 0 Å². The molecular weight excluding hydrogens is 143 g/mol. The van der Waals surface area contributed by atoms with Gasteiger partial charge in [-0.15, -0.1) is 0 Å². The average Bonchev–Trinajstić information content (AvgIpc) is 2.41. The Labute approximate surface area is 67.0 Å². The van der Waals surface area contributed by atoms with Gasteiger partial charge in [-0.3, -0.25) is 4.68 Å². The molecule has 1 rings (SSSR count). The van der Waals surface area contributed by atoms with Gasteiger partial charge in [0.25, 0.3) is 0 Å². The van der Waals surface area contributed by atoms with Crippen molar-refractivity contribution in [2.75, 3.05) is 6.67 Å². The lowest BCUT2D eigenvalue weighted by Gasteiger charge is -1.91. The monoisotopic (exact) mass is 158 g/mol. The van der Waals surface area contributed by atoms with E-state index < -0.39 is 0 Å². The van der Waals surface area contributed by atoms with Crippen LogP contribution in [0.2, 0.25) is 0 Å². The summed E-state index contributed by atoms with van der Waals surface area (Å²) in [6.07, 6.45) is 3.54. The molecule has 0 bridgehead atoms. The molecule has 0 amide bonds. The number of rotatable bonds is 2. The molecule has 0 saturated carbocycles. The first-order chi connectivity index (χ1) is 5.33. The van der Waals surface area contributed by atoms with Crippen molar-refractivity contribution < 1.29 is 4.39 Å². The van der Waals surface area contributed by atoms with E-state index in [1.54, 1.807) is 10.9 Å². The number of halogens is 1. The normalized spacial score (nSPS) is 8.73. The van der Waals surface area contributed by atoms with Crippen LogP contribution in [0, 0.1) is 6.92 Å². The summed E-state index contributed by atoms with van der Waals surface area (Å²) < 4.78 is 13.2. The van der Waals surface area contributed by atoms with Gasteiger partial charge >= 0.3 is 0 Å². The predicted molar refractivity (Wildman–Crippen MR) is 44.3 cm³/mol. The molecule has 0 aliphatic rings. The van der Waals surface area contributed by atoms with Gasteiger partial charge < -0.3 is 0 Å². The minimum absolute atomic E-state index is 0.346. The molecule has 0 N–H and O–H groups in total. The minimum atomic E-state index is -0.346. The third-order valence-corrected chi connectivity index (χ3v) is 1.08. The van der Waals surface area contributed by atoms with Crippen LogP contribution in [-0.2, 0) is 6.54 Å². The largest absolute Gasteiger partial charge is 0.270 e. The van der Waals surface area contributed by atoms with Crippen molar-refractivity contribution >= 4 is 0 Å². The summed E-state index contributed by atoms with van der Waals surface area (Å²) in [5.41, 5.74) is 1.07. The Bertz CT molecular complexity index is 184. The zero-order chi connectivity index (χ0) is 8.69. The second kappa shape index (κ2) is 5.89. The number of alkyl halides is 1. The number of nitrogens with zero attached hydrogens (tertiary/aromatic N) is 2. The summed E-state index contributed by atoms with van der Waals surface area (Å²) in [4.78, 5) is 0. The molecule has 0 spiro atoms. The zero-order valence-corrected chi connectivity index (χ0v) is 7.34. The van der Waals surface area contributed by atoms with Crippen molar-refractivity contribution in [3.63, 3.8) is 0 Å². The van der Waals surface area contributed by atoms with Crippen molar-refractivity contribution in [1.82, 2.24) is 9.78 Å². The van der Waals surface area contributed by atoms with Gasteiger partial charge in [-0.1, -0.05) is 13.8 Å². The van der Waals surface area contributed by atoms with Crippen LogP contribution in [0.5, 0.6) is 0 Å². The first-order valence-corrected chi connectivity index (χ1v) is 3.88. The van der Waals surface area contributed by atoms with Crippen LogP contribution in [-0.4, -0.2) is 16.5 Å². The first-order valence-electron chi connectivity index (χ1n) is 3.88. The summed E-state index contributed by atoms with van der Waals surface area (Å²) in [5, 5.41) is 3.88. The van der Waals surface area contributed by atoms with Crippen LogP contribution in [0.15, 0.2) is 12.4 Å². The third kappa shape index (κ3) is 3.75. The van der Waals surface area contributed by atoms with E-state index in [-0.39, 0.29) is 6.67 Å². The second-order valence-electron chi connectivity index (χ2n) is 1.97. The van der Waals surface area contributed by atoms with E-state index in [1.807, 2.05) is 27.0 Å². The molecule has 0 saturated heterocycles. The summed E-state index contributed by atoms with van der Waals surface area (Å²) in [6, 6.07) is 0. The van der Waals surface area contributed by atoms with E-state index in [1.165, 1.54) is 0 Å². The van der Waals surface area contributed by atoms with Crippen molar-refractivity contribution in [1.29, 1.82) is 0 Å². The second-order valence-corrected chi connectivity index (χ2v) is 1.97. The zero-order valence-electron chi connectivity index (χ0n) is 7.34. The Morgan fingerprint density at radius 2 is 2.18 bits per heavy atom. The molecule has 0 aliphatic heterocycles.